The van der Waals surface area contributed by atoms with E-state index in [9.17, 15) is 15.3 Å². The lowest BCUT2D eigenvalue weighted by molar-refractivity contribution is 0.139. The number of nitrogens with zero attached hydrogens (tertiary/aromatic N) is 4. The summed E-state index contributed by atoms with van der Waals surface area (Å²) < 4.78 is 18.2. The summed E-state index contributed by atoms with van der Waals surface area (Å²) in [5.41, 5.74) is 1.81. The molecule has 1 fully saturated rings. The molecule has 3 N–H and O–H groups in total. The Morgan fingerprint density at radius 1 is 0.674 bits per heavy atom. The minimum absolute atomic E-state index is 0.0287. The summed E-state index contributed by atoms with van der Waals surface area (Å²) in [5.74, 6) is 1.24. The molecule has 43 heavy (non-hydrogen) atoms. The number of phenolic OH excluding ortho intramolecular Hbond substituents is 3. The van der Waals surface area contributed by atoms with Crippen molar-refractivity contribution in [3.8, 4) is 34.5 Å². The molecule has 3 aromatic carbocycles. The first-order valence-electron chi connectivity index (χ1n) is 13.3. The highest BCUT2D eigenvalue weighted by Crippen LogP contribution is 2.42. The SMILES string of the molecule is COc1cc(Br)cc(C=NCCN2CCN(CCN=Cc3cc(Br)cc(OC)c3O)C2c2cc(Br)cc(OC)c2O)c1O. The fourth-order valence-electron chi connectivity index (χ4n) is 4.94. The van der Waals surface area contributed by atoms with E-state index in [0.29, 0.717) is 60.1 Å². The van der Waals surface area contributed by atoms with Gasteiger partial charge in [0.15, 0.2) is 34.5 Å². The van der Waals surface area contributed by atoms with E-state index in [0.717, 1.165) is 26.5 Å². The van der Waals surface area contributed by atoms with Gasteiger partial charge in [0, 0.05) is 68.7 Å². The zero-order valence-corrected chi connectivity index (χ0v) is 28.7. The van der Waals surface area contributed by atoms with Gasteiger partial charge in [-0.3, -0.25) is 19.8 Å². The van der Waals surface area contributed by atoms with Crippen molar-refractivity contribution >= 4 is 60.2 Å². The third kappa shape index (κ3) is 8.01. The lowest BCUT2D eigenvalue weighted by atomic mass is 10.1. The Bertz CT molecular complexity index is 1420. The van der Waals surface area contributed by atoms with Crippen LogP contribution in [-0.4, -0.2) is 98.1 Å². The Hall–Kier alpha value is -2.84. The molecule has 1 aliphatic heterocycles. The van der Waals surface area contributed by atoms with Gasteiger partial charge in [-0.15, -0.1) is 0 Å². The molecule has 0 aromatic heterocycles. The van der Waals surface area contributed by atoms with Crippen molar-refractivity contribution in [1.29, 1.82) is 0 Å². The molecule has 0 spiro atoms. The number of phenols is 3. The first kappa shape index (κ1) is 33.1. The molecule has 4 rings (SSSR count). The van der Waals surface area contributed by atoms with Crippen molar-refractivity contribution in [2.24, 2.45) is 9.98 Å². The number of ether oxygens (including phenoxy) is 3. The molecule has 0 amide bonds. The number of hydrogen-bond donors (Lipinski definition) is 3. The van der Waals surface area contributed by atoms with Crippen LogP contribution in [0, 0.1) is 0 Å². The average Bonchev–Trinajstić information content (AvgIpc) is 3.39. The van der Waals surface area contributed by atoms with E-state index in [1.807, 2.05) is 6.07 Å². The van der Waals surface area contributed by atoms with E-state index in [2.05, 4.69) is 67.6 Å². The second kappa shape index (κ2) is 15.2. The molecular formula is C30H33Br3N4O6. The monoisotopic (exact) mass is 782 g/mol. The van der Waals surface area contributed by atoms with Crippen LogP contribution in [0.4, 0.5) is 0 Å². The standard InChI is InChI=1S/C30H33Br3N4O6/c1-41-24-13-20(31)10-18(27(24)38)16-34-4-6-36-8-9-37(30(36)23-12-22(33)15-26(43-3)29(23)40)7-5-35-17-19-11-21(32)14-25(42-2)28(19)39/h10-17,30,38-40H,4-9H2,1-3H3. The molecule has 1 saturated heterocycles. The highest BCUT2D eigenvalue weighted by Gasteiger charge is 2.35. The van der Waals surface area contributed by atoms with Gasteiger partial charge in [-0.1, -0.05) is 47.8 Å². The minimum atomic E-state index is -0.254. The van der Waals surface area contributed by atoms with Crippen LogP contribution in [0.3, 0.4) is 0 Å². The summed E-state index contributed by atoms with van der Waals surface area (Å²) in [6, 6.07) is 10.6. The largest absolute Gasteiger partial charge is 0.504 e. The summed E-state index contributed by atoms with van der Waals surface area (Å²) in [7, 11) is 4.53. The second-order valence-electron chi connectivity index (χ2n) is 9.65. The van der Waals surface area contributed by atoms with Gasteiger partial charge in [-0.25, -0.2) is 0 Å². The first-order chi connectivity index (χ1) is 20.7. The molecule has 0 saturated carbocycles. The predicted octanol–water partition coefficient (Wildman–Crippen LogP) is 5.97. The van der Waals surface area contributed by atoms with Crippen molar-refractivity contribution in [2.75, 3.05) is 60.6 Å². The topological polar surface area (TPSA) is 120 Å². The Kier molecular flexibility index (Phi) is 11.7. The van der Waals surface area contributed by atoms with E-state index >= 15 is 0 Å². The van der Waals surface area contributed by atoms with Gasteiger partial charge in [0.2, 0.25) is 0 Å². The van der Waals surface area contributed by atoms with E-state index in [1.54, 1.807) is 42.8 Å². The van der Waals surface area contributed by atoms with Crippen LogP contribution in [0.15, 0.2) is 59.8 Å². The second-order valence-corrected chi connectivity index (χ2v) is 12.4. The molecule has 1 heterocycles. The van der Waals surface area contributed by atoms with Gasteiger partial charge in [0.1, 0.15) is 0 Å². The van der Waals surface area contributed by atoms with Crippen LogP contribution in [0.5, 0.6) is 34.5 Å². The predicted molar refractivity (Wildman–Crippen MR) is 178 cm³/mol. The molecule has 0 radical (unpaired) electrons. The van der Waals surface area contributed by atoms with Crippen LogP contribution in [0.1, 0.15) is 22.9 Å². The molecule has 1 aliphatic rings. The highest BCUT2D eigenvalue weighted by molar-refractivity contribution is 9.11. The summed E-state index contributed by atoms with van der Waals surface area (Å²) in [6.45, 7) is 3.63. The fourth-order valence-corrected chi connectivity index (χ4v) is 6.30. The molecule has 0 bridgehead atoms. The van der Waals surface area contributed by atoms with E-state index in [1.165, 1.54) is 21.3 Å². The highest BCUT2D eigenvalue weighted by atomic mass is 79.9. The van der Waals surface area contributed by atoms with Crippen molar-refractivity contribution in [3.05, 3.63) is 66.5 Å². The Morgan fingerprint density at radius 3 is 1.49 bits per heavy atom. The lowest BCUT2D eigenvalue weighted by Gasteiger charge is -2.31. The number of rotatable bonds is 12. The maximum absolute atomic E-state index is 11.1. The average molecular weight is 785 g/mol. The van der Waals surface area contributed by atoms with E-state index in [-0.39, 0.29) is 23.4 Å². The maximum atomic E-state index is 11.1. The lowest BCUT2D eigenvalue weighted by Crippen LogP contribution is -2.34. The molecule has 10 nitrogen and oxygen atoms in total. The number of benzene rings is 3. The van der Waals surface area contributed by atoms with Crippen LogP contribution >= 0.6 is 47.8 Å². The Labute approximate surface area is 276 Å². The van der Waals surface area contributed by atoms with Gasteiger partial charge in [0.05, 0.1) is 40.6 Å². The number of aromatic hydroxyl groups is 3. The van der Waals surface area contributed by atoms with Crippen LogP contribution in [0.25, 0.3) is 0 Å². The van der Waals surface area contributed by atoms with Crippen LogP contribution in [-0.2, 0) is 0 Å². The smallest absolute Gasteiger partial charge is 0.166 e. The van der Waals surface area contributed by atoms with Crippen LogP contribution < -0.4 is 14.2 Å². The van der Waals surface area contributed by atoms with Gasteiger partial charge in [-0.05, 0) is 36.4 Å². The number of methoxy groups -OCH3 is 3. The van der Waals surface area contributed by atoms with Gasteiger partial charge >= 0.3 is 0 Å². The molecule has 0 unspecified atom stereocenters. The summed E-state index contributed by atoms with van der Waals surface area (Å²) >= 11 is 10.4. The van der Waals surface area contributed by atoms with E-state index < -0.39 is 0 Å². The zero-order chi connectivity index (χ0) is 31.1. The third-order valence-electron chi connectivity index (χ3n) is 7.01. The summed E-state index contributed by atoms with van der Waals surface area (Å²) in [5, 5.41) is 32.0. The van der Waals surface area contributed by atoms with Crippen molar-refractivity contribution in [2.45, 2.75) is 6.17 Å². The zero-order valence-electron chi connectivity index (χ0n) is 23.9. The van der Waals surface area contributed by atoms with Crippen molar-refractivity contribution in [3.63, 3.8) is 0 Å². The summed E-state index contributed by atoms with van der Waals surface area (Å²) in [6.07, 6.45) is 3.01. The molecule has 0 aliphatic carbocycles. The fraction of sp³-hybridized carbons (Fsp3) is 0.333. The molecule has 230 valence electrons. The number of hydrogen-bond acceptors (Lipinski definition) is 10. The minimum Gasteiger partial charge on any atom is -0.504 e. The van der Waals surface area contributed by atoms with Crippen molar-refractivity contribution in [1.82, 2.24) is 9.80 Å². The van der Waals surface area contributed by atoms with E-state index in [4.69, 9.17) is 14.2 Å². The third-order valence-corrected chi connectivity index (χ3v) is 8.38. The van der Waals surface area contributed by atoms with Gasteiger partial charge in [0.25, 0.3) is 0 Å². The van der Waals surface area contributed by atoms with Gasteiger partial charge in [-0.2, -0.15) is 0 Å². The first-order valence-corrected chi connectivity index (χ1v) is 15.7. The molecule has 13 heteroatoms. The molecular weight excluding hydrogens is 752 g/mol. The van der Waals surface area contributed by atoms with Crippen molar-refractivity contribution < 1.29 is 29.5 Å². The summed E-state index contributed by atoms with van der Waals surface area (Å²) in [4.78, 5) is 13.6. The van der Waals surface area contributed by atoms with Crippen LogP contribution in [0.2, 0.25) is 0 Å². The molecule has 0 atom stereocenters. The molecule has 3 aromatic rings. The number of aliphatic imine (C=N–C) groups is 2. The Balaban J connectivity index is 1.52. The van der Waals surface area contributed by atoms with Gasteiger partial charge < -0.3 is 29.5 Å². The maximum Gasteiger partial charge on any atom is 0.166 e. The Morgan fingerprint density at radius 2 is 1.07 bits per heavy atom. The normalized spacial score (nSPS) is 16.0. The quantitative estimate of drug-likeness (QED) is 0.193. The number of halogens is 3.